The quantitative estimate of drug-likeness (QED) is 0.803. The fourth-order valence-electron chi connectivity index (χ4n) is 4.73. The van der Waals surface area contributed by atoms with E-state index in [0.29, 0.717) is 11.8 Å². The first-order valence-electron chi connectivity index (χ1n) is 9.63. The Balaban J connectivity index is 1.51. The van der Waals surface area contributed by atoms with Crippen LogP contribution in [0.25, 0.3) is 0 Å². The molecular weight excluding hydrogens is 304 g/mol. The van der Waals surface area contributed by atoms with Gasteiger partial charge in [0.2, 0.25) is 17.7 Å². The number of carbonyl (C=O) groups is 3. The molecule has 24 heavy (non-hydrogen) atoms. The number of fused-ring (bicyclic) bond motifs is 1. The molecule has 1 saturated heterocycles. The van der Waals surface area contributed by atoms with E-state index in [-0.39, 0.29) is 48.6 Å². The molecule has 3 rings (SSSR count). The fourth-order valence-corrected chi connectivity index (χ4v) is 4.73. The Labute approximate surface area is 144 Å². The van der Waals surface area contributed by atoms with Gasteiger partial charge in [-0.2, -0.15) is 0 Å². The monoisotopic (exact) mass is 334 g/mol. The van der Waals surface area contributed by atoms with Crippen LogP contribution in [0.1, 0.15) is 65.2 Å². The van der Waals surface area contributed by atoms with E-state index in [1.54, 1.807) is 0 Å². The van der Waals surface area contributed by atoms with Crippen molar-refractivity contribution >= 4 is 17.7 Å². The minimum absolute atomic E-state index is 0.0311. The molecule has 3 aliphatic rings. The van der Waals surface area contributed by atoms with Gasteiger partial charge < -0.3 is 5.32 Å². The van der Waals surface area contributed by atoms with Gasteiger partial charge in [-0.25, -0.2) is 0 Å². The van der Waals surface area contributed by atoms with Crippen LogP contribution >= 0.6 is 0 Å². The zero-order chi connectivity index (χ0) is 17.3. The van der Waals surface area contributed by atoms with Gasteiger partial charge in [0, 0.05) is 19.0 Å². The lowest BCUT2D eigenvalue weighted by Crippen LogP contribution is -2.45. The molecule has 0 aromatic heterocycles. The van der Waals surface area contributed by atoms with E-state index >= 15 is 0 Å². The van der Waals surface area contributed by atoms with Gasteiger partial charge in [-0.15, -0.1) is 0 Å². The average molecular weight is 334 g/mol. The summed E-state index contributed by atoms with van der Waals surface area (Å²) in [4.78, 5) is 38.5. The van der Waals surface area contributed by atoms with E-state index in [1.165, 1.54) is 11.3 Å². The maximum atomic E-state index is 12.4. The Bertz CT molecular complexity index is 495. The molecule has 3 amide bonds. The van der Waals surface area contributed by atoms with Gasteiger partial charge in [-0.3, -0.25) is 19.3 Å². The molecular formula is C19H30N2O3. The predicted octanol–water partition coefficient (Wildman–Crippen LogP) is 2.49. The molecule has 3 fully saturated rings. The van der Waals surface area contributed by atoms with Crippen LogP contribution in [0.5, 0.6) is 0 Å². The maximum absolute atomic E-state index is 12.4. The van der Waals surface area contributed by atoms with Crippen molar-refractivity contribution in [1.82, 2.24) is 10.2 Å². The summed E-state index contributed by atoms with van der Waals surface area (Å²) in [7, 11) is 0. The second kappa shape index (κ2) is 7.24. The van der Waals surface area contributed by atoms with E-state index in [2.05, 4.69) is 19.2 Å². The molecule has 1 aliphatic heterocycles. The number of likely N-dealkylation sites (tertiary alicyclic amines) is 1. The maximum Gasteiger partial charge on any atom is 0.233 e. The molecule has 0 radical (unpaired) electrons. The summed E-state index contributed by atoms with van der Waals surface area (Å²) in [5, 5.41) is 3.13. The topological polar surface area (TPSA) is 66.5 Å². The summed E-state index contributed by atoms with van der Waals surface area (Å²) in [6.45, 7) is 4.69. The van der Waals surface area contributed by atoms with Gasteiger partial charge in [-0.1, -0.05) is 39.5 Å². The fraction of sp³-hybridized carbons (Fsp3) is 0.842. The zero-order valence-corrected chi connectivity index (χ0v) is 14.9. The third-order valence-electron chi connectivity index (χ3n) is 6.55. The first-order valence-corrected chi connectivity index (χ1v) is 9.63. The minimum atomic E-state index is -0.117. The number of imide groups is 1. The van der Waals surface area contributed by atoms with E-state index < -0.39 is 0 Å². The van der Waals surface area contributed by atoms with Gasteiger partial charge in [-0.05, 0) is 31.1 Å². The molecule has 0 bridgehead atoms. The molecule has 0 aromatic carbocycles. The summed E-state index contributed by atoms with van der Waals surface area (Å²) in [6.07, 6.45) is 7.37. The second-order valence-electron chi connectivity index (χ2n) is 8.02. The van der Waals surface area contributed by atoms with Crippen LogP contribution in [0, 0.1) is 23.7 Å². The Morgan fingerprint density at radius 2 is 1.62 bits per heavy atom. The number of rotatable bonds is 4. The van der Waals surface area contributed by atoms with Crippen molar-refractivity contribution in [2.24, 2.45) is 23.7 Å². The van der Waals surface area contributed by atoms with Gasteiger partial charge in [0.1, 0.15) is 0 Å². The van der Waals surface area contributed by atoms with E-state index in [9.17, 15) is 14.4 Å². The van der Waals surface area contributed by atoms with Crippen molar-refractivity contribution in [2.75, 3.05) is 6.54 Å². The molecule has 0 aromatic rings. The third-order valence-corrected chi connectivity index (χ3v) is 6.55. The van der Waals surface area contributed by atoms with Crippen LogP contribution in [0.3, 0.4) is 0 Å². The largest absolute Gasteiger partial charge is 0.353 e. The van der Waals surface area contributed by atoms with Gasteiger partial charge >= 0.3 is 0 Å². The zero-order valence-electron chi connectivity index (χ0n) is 14.9. The van der Waals surface area contributed by atoms with E-state index in [1.807, 2.05) is 0 Å². The van der Waals surface area contributed by atoms with E-state index in [4.69, 9.17) is 0 Å². The Hall–Kier alpha value is -1.39. The highest BCUT2D eigenvalue weighted by Crippen LogP contribution is 2.38. The molecule has 5 heteroatoms. The molecule has 1 N–H and O–H groups in total. The SMILES string of the molecule is C[C@@H]1[C@H](C)CCC[C@@H]1NC(=O)CCN1C(=O)[C@@H]2CCCC[C@H]2C1=O. The molecule has 1 heterocycles. The molecule has 2 saturated carbocycles. The highest BCUT2D eigenvalue weighted by molar-refractivity contribution is 6.05. The highest BCUT2D eigenvalue weighted by atomic mass is 16.2. The van der Waals surface area contributed by atoms with Crippen LogP contribution in [0.15, 0.2) is 0 Å². The summed E-state index contributed by atoms with van der Waals surface area (Å²) in [6, 6.07) is 0.230. The molecule has 5 nitrogen and oxygen atoms in total. The summed E-state index contributed by atoms with van der Waals surface area (Å²) >= 11 is 0. The lowest BCUT2D eigenvalue weighted by molar-refractivity contribution is -0.140. The summed E-state index contributed by atoms with van der Waals surface area (Å²) < 4.78 is 0. The molecule has 2 aliphatic carbocycles. The summed E-state index contributed by atoms with van der Waals surface area (Å²) in [5.74, 6) is 0.766. The number of nitrogens with one attached hydrogen (secondary N) is 1. The Morgan fingerprint density at radius 3 is 2.25 bits per heavy atom. The van der Waals surface area contributed by atoms with Crippen LogP contribution in [-0.2, 0) is 14.4 Å². The van der Waals surface area contributed by atoms with Crippen molar-refractivity contribution in [1.29, 1.82) is 0 Å². The molecule has 0 spiro atoms. The lowest BCUT2D eigenvalue weighted by Gasteiger charge is -2.34. The molecule has 134 valence electrons. The summed E-state index contributed by atoms with van der Waals surface area (Å²) in [5.41, 5.74) is 0. The third kappa shape index (κ3) is 3.35. The number of hydrogen-bond donors (Lipinski definition) is 1. The van der Waals surface area contributed by atoms with Crippen molar-refractivity contribution in [3.8, 4) is 0 Å². The number of amides is 3. The second-order valence-corrected chi connectivity index (χ2v) is 8.02. The number of carbonyl (C=O) groups excluding carboxylic acids is 3. The normalized spacial score (nSPS) is 36.6. The van der Waals surface area contributed by atoms with Crippen molar-refractivity contribution in [3.63, 3.8) is 0 Å². The van der Waals surface area contributed by atoms with Gasteiger partial charge in [0.05, 0.1) is 11.8 Å². The molecule has 0 unspecified atom stereocenters. The Morgan fingerprint density at radius 1 is 1.00 bits per heavy atom. The minimum Gasteiger partial charge on any atom is -0.353 e. The first kappa shape index (κ1) is 17.4. The number of nitrogens with zero attached hydrogens (tertiary/aromatic N) is 1. The average Bonchev–Trinajstić information content (AvgIpc) is 2.82. The van der Waals surface area contributed by atoms with Crippen LogP contribution in [0.2, 0.25) is 0 Å². The van der Waals surface area contributed by atoms with Crippen molar-refractivity contribution in [3.05, 3.63) is 0 Å². The predicted molar refractivity (Wildman–Crippen MR) is 90.9 cm³/mol. The molecule has 5 atom stereocenters. The van der Waals surface area contributed by atoms with Crippen LogP contribution < -0.4 is 5.32 Å². The van der Waals surface area contributed by atoms with Gasteiger partial charge in [0.15, 0.2) is 0 Å². The standard InChI is InChI=1S/C19H30N2O3/c1-12-6-5-9-16(13(12)2)20-17(22)10-11-21-18(23)14-7-3-4-8-15(14)19(21)24/h12-16H,3-11H2,1-2H3,(H,20,22)/t12-,13-,14-,15-,16+/m1/s1. The van der Waals surface area contributed by atoms with Crippen molar-refractivity contribution in [2.45, 2.75) is 71.3 Å². The highest BCUT2D eigenvalue weighted by Gasteiger charge is 2.47. The van der Waals surface area contributed by atoms with Crippen LogP contribution in [0.4, 0.5) is 0 Å². The van der Waals surface area contributed by atoms with Crippen molar-refractivity contribution < 1.29 is 14.4 Å². The Kier molecular flexibility index (Phi) is 5.26. The first-order chi connectivity index (χ1) is 11.5. The van der Waals surface area contributed by atoms with E-state index in [0.717, 1.165) is 38.5 Å². The number of hydrogen-bond acceptors (Lipinski definition) is 3. The van der Waals surface area contributed by atoms with Crippen LogP contribution in [-0.4, -0.2) is 35.2 Å². The smallest absolute Gasteiger partial charge is 0.233 e. The lowest BCUT2D eigenvalue weighted by atomic mass is 9.78. The van der Waals surface area contributed by atoms with Gasteiger partial charge in [0.25, 0.3) is 0 Å².